The van der Waals surface area contributed by atoms with Crippen LogP contribution in [0.5, 0.6) is 11.5 Å². The molecule has 0 saturated heterocycles. The number of hydrogen-bond donors (Lipinski definition) is 0. The Bertz CT molecular complexity index is 3670. The maximum atomic E-state index is 8.99. The van der Waals surface area contributed by atoms with Crippen LogP contribution in [-0.4, -0.2) is 19.1 Å². The molecule has 0 aliphatic rings. The fourth-order valence-corrected chi connectivity index (χ4v) is 7.22. The van der Waals surface area contributed by atoms with Gasteiger partial charge in [0.2, 0.25) is 0 Å². The fourth-order valence-electron chi connectivity index (χ4n) is 7.22. The van der Waals surface area contributed by atoms with Gasteiger partial charge in [0.25, 0.3) is 6.33 Å². The number of para-hydroxylation sites is 3. The van der Waals surface area contributed by atoms with Crippen molar-refractivity contribution in [2.75, 3.05) is 0 Å². The molecule has 0 aliphatic carbocycles. The van der Waals surface area contributed by atoms with E-state index in [2.05, 4.69) is 28.4 Å². The summed E-state index contributed by atoms with van der Waals surface area (Å²) in [7, 11) is 0. The molecule has 10 rings (SSSR count). The zero-order valence-electron chi connectivity index (χ0n) is 43.9. The Morgan fingerprint density at radius 2 is 1.44 bits per heavy atom. The van der Waals surface area contributed by atoms with Crippen molar-refractivity contribution in [3.63, 3.8) is 0 Å². The van der Waals surface area contributed by atoms with Crippen LogP contribution in [-0.2, 0) is 27.4 Å². The topological polar surface area (TPSA) is 48.8 Å². The molecule has 4 aromatic heterocycles. The smallest absolute Gasteiger partial charge is 0.268 e. The van der Waals surface area contributed by atoms with Gasteiger partial charge in [0.05, 0.1) is 30.4 Å². The van der Waals surface area contributed by atoms with Crippen molar-refractivity contribution in [1.29, 1.82) is 0 Å². The molecule has 0 radical (unpaired) electrons. The Morgan fingerprint density at radius 1 is 0.729 bits per heavy atom. The summed E-state index contributed by atoms with van der Waals surface area (Å²) in [4.78, 5) is 9.06. The van der Waals surface area contributed by atoms with Gasteiger partial charge in [0, 0.05) is 59.4 Å². The molecule has 0 N–H and O–H groups in total. The SMILES string of the molecule is [2H]c1c([2H])c([2H])c(-c2cccc(-c3c([2H])c([2H])c([2H])c([2H])c3[2H])c2-[n+]2[c-]n(-c3[c-]c(Oc4[c-]c5c(cc4)c4cnccc4n5-c4cc(C([2H])([2H])C(C)(C)C)ccn4)ccc3)c3ccccc32)c([2H])c1[2H].[Pt]. The van der Waals surface area contributed by atoms with E-state index in [1.54, 1.807) is 94.5 Å². The standard InChI is InChI=1S/C52H39N5O.Pt/c1-52(2,3)33-36-26-29-54-50(30-36)57-46-27-28-53-34-45(46)44-25-24-41(32-49(44)57)58-40-19-12-18-39(31-40)55-35-56(48-23-11-10-22-47(48)55)51-42(37-14-6-4-7-15-37)20-13-21-43(51)38-16-8-5-9-17-38;/h4-30,34H,33H2,1-3H3;/q-2;/i4D,5D,6D,7D,8D,9D,14D,15D,16D,17D,33D2;. The second kappa shape index (κ2) is 15.6. The van der Waals surface area contributed by atoms with E-state index >= 15 is 0 Å². The molecule has 10 aromatic rings. The van der Waals surface area contributed by atoms with Crippen LogP contribution in [0.2, 0.25) is 0 Å². The summed E-state index contributed by atoms with van der Waals surface area (Å²) < 4.78 is 116. The van der Waals surface area contributed by atoms with Gasteiger partial charge in [-0.15, -0.1) is 29.7 Å². The van der Waals surface area contributed by atoms with Crippen LogP contribution < -0.4 is 9.30 Å². The van der Waals surface area contributed by atoms with Gasteiger partial charge in [0.1, 0.15) is 5.82 Å². The van der Waals surface area contributed by atoms with E-state index in [-0.39, 0.29) is 49.0 Å². The first-order chi connectivity index (χ1) is 33.3. The Kier molecular flexibility index (Phi) is 6.99. The molecule has 0 fully saturated rings. The number of imidazole rings is 1. The van der Waals surface area contributed by atoms with E-state index in [1.807, 2.05) is 49.6 Å². The number of rotatable bonds is 8. The second-order valence-corrected chi connectivity index (χ2v) is 14.6. The molecule has 0 saturated carbocycles. The molecule has 0 unspecified atom stereocenters. The summed E-state index contributed by atoms with van der Waals surface area (Å²) in [5, 5.41) is 1.66. The predicted octanol–water partition coefficient (Wildman–Crippen LogP) is 11.9. The number of aromatic nitrogens is 5. The monoisotopic (exact) mass is 956 g/mol. The molecule has 6 aromatic carbocycles. The summed E-state index contributed by atoms with van der Waals surface area (Å²) >= 11 is 0. The van der Waals surface area contributed by atoms with E-state index in [4.69, 9.17) is 21.2 Å². The largest absolute Gasteiger partial charge is 0.510 e. The van der Waals surface area contributed by atoms with Gasteiger partial charge >= 0.3 is 0 Å². The van der Waals surface area contributed by atoms with Gasteiger partial charge in [-0.2, -0.15) is 18.2 Å². The van der Waals surface area contributed by atoms with E-state index < -0.39 is 72.2 Å². The maximum Gasteiger partial charge on any atom is 0.268 e. The molecule has 0 atom stereocenters. The second-order valence-electron chi connectivity index (χ2n) is 14.6. The van der Waals surface area contributed by atoms with Gasteiger partial charge in [-0.1, -0.05) is 129 Å². The normalized spacial score (nSPS) is 14.7. The number of hydrogen-bond acceptors (Lipinski definition) is 3. The molecular formula is C52H39N5OPt-2. The van der Waals surface area contributed by atoms with Crippen molar-refractivity contribution in [3.05, 3.63) is 194 Å². The van der Waals surface area contributed by atoms with Gasteiger partial charge < -0.3 is 13.9 Å². The Morgan fingerprint density at radius 3 is 2.19 bits per heavy atom. The Balaban J connectivity index is 0.00000624. The van der Waals surface area contributed by atoms with Crippen molar-refractivity contribution >= 4 is 32.8 Å². The minimum Gasteiger partial charge on any atom is -0.510 e. The zero-order valence-corrected chi connectivity index (χ0v) is 34.1. The van der Waals surface area contributed by atoms with Crippen molar-refractivity contribution in [1.82, 2.24) is 19.1 Å². The molecule has 0 amide bonds. The number of nitrogens with zero attached hydrogens (tertiary/aromatic N) is 5. The summed E-state index contributed by atoms with van der Waals surface area (Å²) in [5.74, 6) is 1.13. The summed E-state index contributed by atoms with van der Waals surface area (Å²) in [6.45, 7) is 5.57. The average molecular weight is 957 g/mol. The molecule has 0 bridgehead atoms. The summed E-state index contributed by atoms with van der Waals surface area (Å²) in [6.07, 6.45) is 6.74. The van der Waals surface area contributed by atoms with Crippen molar-refractivity contribution in [2.24, 2.45) is 5.41 Å². The van der Waals surface area contributed by atoms with Crippen molar-refractivity contribution in [3.8, 4) is 50.9 Å². The van der Waals surface area contributed by atoms with Crippen molar-refractivity contribution in [2.45, 2.75) is 27.1 Å². The van der Waals surface area contributed by atoms with Crippen LogP contribution in [0.3, 0.4) is 0 Å². The van der Waals surface area contributed by atoms with Crippen molar-refractivity contribution < 1.29 is 46.8 Å². The average Bonchev–Trinajstić information content (AvgIpc) is 3.90. The van der Waals surface area contributed by atoms with Gasteiger partial charge in [-0.3, -0.25) is 9.55 Å². The van der Waals surface area contributed by atoms with Crippen LogP contribution in [0, 0.1) is 23.9 Å². The number of fused-ring (bicyclic) bond motifs is 4. The molecule has 0 spiro atoms. The van der Waals surface area contributed by atoms with Crippen LogP contribution in [0.25, 0.3) is 72.3 Å². The molecule has 59 heavy (non-hydrogen) atoms. The number of ether oxygens (including phenoxy) is 1. The van der Waals surface area contributed by atoms with Gasteiger partial charge in [-0.05, 0) is 68.9 Å². The van der Waals surface area contributed by atoms with E-state index in [9.17, 15) is 0 Å². The van der Waals surface area contributed by atoms with Crippen LogP contribution in [0.4, 0.5) is 0 Å². The third-order valence-electron chi connectivity index (χ3n) is 9.52. The first-order valence-corrected chi connectivity index (χ1v) is 18.5. The van der Waals surface area contributed by atoms with E-state index in [0.717, 1.165) is 16.3 Å². The minimum absolute atomic E-state index is 0. The fraction of sp³-hybridized carbons (Fsp3) is 0.0962. The predicted molar refractivity (Wildman–Crippen MR) is 232 cm³/mol. The molecular weight excluding hydrogens is 906 g/mol. The van der Waals surface area contributed by atoms with Crippen LogP contribution in [0.1, 0.15) is 42.8 Å². The van der Waals surface area contributed by atoms with E-state index in [0.29, 0.717) is 45.1 Å². The number of pyridine rings is 2. The Hall–Kier alpha value is -6.62. The minimum atomic E-state index is -1.67. The summed E-state index contributed by atoms with van der Waals surface area (Å²) in [5.41, 5.74) is 2.80. The van der Waals surface area contributed by atoms with Crippen LogP contribution in [0.15, 0.2) is 170 Å². The Labute approximate surface area is 375 Å². The maximum absolute atomic E-state index is 8.99. The molecule has 0 aliphatic heterocycles. The van der Waals surface area contributed by atoms with Gasteiger partial charge in [0.15, 0.2) is 0 Å². The first-order valence-electron chi connectivity index (χ1n) is 24.5. The van der Waals surface area contributed by atoms with E-state index in [1.165, 1.54) is 0 Å². The van der Waals surface area contributed by atoms with Gasteiger partial charge in [-0.25, -0.2) is 4.98 Å². The third kappa shape index (κ3) is 7.26. The molecule has 6 nitrogen and oxygen atoms in total. The zero-order chi connectivity index (χ0) is 49.7. The third-order valence-corrected chi connectivity index (χ3v) is 9.52. The first kappa shape index (κ1) is 26.4. The summed E-state index contributed by atoms with van der Waals surface area (Å²) in [6, 6.07) is 27.5. The molecule has 4 heterocycles. The molecule has 7 heteroatoms. The van der Waals surface area contributed by atoms with Crippen LogP contribution >= 0.6 is 0 Å². The quantitative estimate of drug-likeness (QED) is 0.113. The number of benzene rings is 6. The molecule has 290 valence electrons.